The highest BCUT2D eigenvalue weighted by atomic mass is 35.5. The predicted molar refractivity (Wildman–Crippen MR) is 139 cm³/mol. The highest BCUT2D eigenvalue weighted by Crippen LogP contribution is 2.30. The highest BCUT2D eigenvalue weighted by molar-refractivity contribution is 7.98. The highest BCUT2D eigenvalue weighted by Gasteiger charge is 2.19. The molecule has 0 aliphatic rings. The number of anilines is 5. The molecule has 1 aromatic heterocycles. The molecule has 4 aromatic rings. The average molecular weight is 510 g/mol. The minimum absolute atomic E-state index is 0.0827. The molecule has 0 saturated heterocycles. The molecule has 0 bridgehead atoms. The third-order valence-electron chi connectivity index (χ3n) is 4.94. The number of thioether (sulfide) groups is 1. The summed E-state index contributed by atoms with van der Waals surface area (Å²) in [5, 5.41) is 8.93. The summed E-state index contributed by atoms with van der Waals surface area (Å²) in [6, 6.07) is 19.0. The van der Waals surface area contributed by atoms with E-state index < -0.39 is 11.7 Å². The molecular formula is C25H21ClFN5O2S. The van der Waals surface area contributed by atoms with Gasteiger partial charge in [0.05, 0.1) is 23.5 Å². The molecular weight excluding hydrogens is 489 g/mol. The molecule has 3 N–H and O–H groups in total. The zero-order valence-corrected chi connectivity index (χ0v) is 20.4. The number of aromatic nitrogens is 2. The first-order valence-corrected chi connectivity index (χ1v) is 12.0. The number of halogens is 2. The van der Waals surface area contributed by atoms with Gasteiger partial charge in [-0.25, -0.2) is 9.37 Å². The van der Waals surface area contributed by atoms with Crippen LogP contribution in [0.2, 0.25) is 5.02 Å². The number of hydrogen-bond donors (Lipinski definition) is 3. The van der Waals surface area contributed by atoms with Gasteiger partial charge in [-0.1, -0.05) is 29.8 Å². The Morgan fingerprint density at radius 3 is 2.51 bits per heavy atom. The summed E-state index contributed by atoms with van der Waals surface area (Å²) < 4.78 is 19.4. The standard InChI is InChI=1S/C25H21ClFN5O2S/c1-34-16-12-10-15(11-13-16)29-25-28-14-17(24(33)31-22-18(26)6-5-7-19(22)27)23(32-25)30-20-8-3-4-9-21(20)35-2/h3-14H,1-2H3,(H,31,33)(H2,28,29,30,32). The summed E-state index contributed by atoms with van der Waals surface area (Å²) in [7, 11) is 1.59. The van der Waals surface area contributed by atoms with Gasteiger partial charge < -0.3 is 20.7 Å². The van der Waals surface area contributed by atoms with Crippen LogP contribution in [0.3, 0.4) is 0 Å². The van der Waals surface area contributed by atoms with Crippen LogP contribution in [0.15, 0.2) is 77.8 Å². The molecule has 0 radical (unpaired) electrons. The average Bonchev–Trinajstić information content (AvgIpc) is 2.87. The van der Waals surface area contributed by atoms with Gasteiger partial charge in [0.1, 0.15) is 22.9 Å². The Morgan fingerprint density at radius 2 is 1.80 bits per heavy atom. The fourth-order valence-corrected chi connectivity index (χ4v) is 3.94. The number of rotatable bonds is 8. The molecule has 1 heterocycles. The Morgan fingerprint density at radius 1 is 1.03 bits per heavy atom. The second-order valence-corrected chi connectivity index (χ2v) is 8.44. The van der Waals surface area contributed by atoms with E-state index in [1.165, 1.54) is 24.4 Å². The molecule has 35 heavy (non-hydrogen) atoms. The second kappa shape index (κ2) is 11.1. The smallest absolute Gasteiger partial charge is 0.261 e. The van der Waals surface area contributed by atoms with Crippen LogP contribution in [0.4, 0.5) is 33.2 Å². The van der Waals surface area contributed by atoms with E-state index in [9.17, 15) is 9.18 Å². The van der Waals surface area contributed by atoms with Crippen LogP contribution in [0.5, 0.6) is 5.75 Å². The topological polar surface area (TPSA) is 88.2 Å². The monoisotopic (exact) mass is 509 g/mol. The van der Waals surface area contributed by atoms with Crippen LogP contribution in [0.25, 0.3) is 0 Å². The van der Waals surface area contributed by atoms with Crippen LogP contribution in [-0.2, 0) is 0 Å². The van der Waals surface area contributed by atoms with E-state index in [0.717, 1.165) is 16.3 Å². The molecule has 0 saturated carbocycles. The van der Waals surface area contributed by atoms with Crippen molar-refractivity contribution in [2.75, 3.05) is 29.3 Å². The van der Waals surface area contributed by atoms with Crippen molar-refractivity contribution in [2.45, 2.75) is 4.90 Å². The van der Waals surface area contributed by atoms with Crippen molar-refractivity contribution >= 4 is 58.1 Å². The maximum atomic E-state index is 14.3. The lowest BCUT2D eigenvalue weighted by Crippen LogP contribution is -2.17. The van der Waals surface area contributed by atoms with Crippen molar-refractivity contribution in [3.8, 4) is 5.75 Å². The van der Waals surface area contributed by atoms with Crippen molar-refractivity contribution in [3.63, 3.8) is 0 Å². The Balaban J connectivity index is 1.69. The van der Waals surface area contributed by atoms with Crippen molar-refractivity contribution in [2.24, 2.45) is 0 Å². The number of hydrogen-bond acceptors (Lipinski definition) is 7. The Kier molecular flexibility index (Phi) is 7.69. The van der Waals surface area contributed by atoms with Crippen molar-refractivity contribution in [1.29, 1.82) is 0 Å². The Bertz CT molecular complexity index is 1330. The van der Waals surface area contributed by atoms with E-state index in [2.05, 4.69) is 25.9 Å². The molecule has 4 rings (SSSR count). The quantitative estimate of drug-likeness (QED) is 0.227. The SMILES string of the molecule is COc1ccc(Nc2ncc(C(=O)Nc3c(F)cccc3Cl)c(Nc3ccccc3SC)n2)cc1. The van der Waals surface area contributed by atoms with Gasteiger partial charge in [-0.2, -0.15) is 4.98 Å². The number of nitrogens with zero attached hydrogens (tertiary/aromatic N) is 2. The van der Waals surface area contributed by atoms with Crippen molar-refractivity contribution in [1.82, 2.24) is 9.97 Å². The summed E-state index contributed by atoms with van der Waals surface area (Å²) in [6.07, 6.45) is 3.32. The zero-order chi connectivity index (χ0) is 24.8. The lowest BCUT2D eigenvalue weighted by atomic mass is 10.2. The lowest BCUT2D eigenvalue weighted by Gasteiger charge is -2.15. The van der Waals surface area contributed by atoms with E-state index in [1.807, 2.05) is 42.7 Å². The molecule has 0 atom stereocenters. The number of ether oxygens (including phenoxy) is 1. The molecule has 0 fully saturated rings. The number of amides is 1. The molecule has 7 nitrogen and oxygen atoms in total. The number of carbonyl (C=O) groups is 1. The number of benzene rings is 3. The predicted octanol–water partition coefficient (Wildman–Crippen LogP) is 6.74. The minimum Gasteiger partial charge on any atom is -0.497 e. The third-order valence-corrected chi connectivity index (χ3v) is 6.05. The van der Waals surface area contributed by atoms with Crippen molar-refractivity contribution in [3.05, 3.63) is 89.3 Å². The fraction of sp³-hybridized carbons (Fsp3) is 0.0800. The number of carbonyl (C=O) groups excluding carboxylic acids is 1. The summed E-state index contributed by atoms with van der Waals surface area (Å²) in [5.41, 5.74) is 1.49. The van der Waals surface area contributed by atoms with Gasteiger partial charge in [0.15, 0.2) is 0 Å². The van der Waals surface area contributed by atoms with Crippen molar-refractivity contribution < 1.29 is 13.9 Å². The molecule has 0 spiro atoms. The fourth-order valence-electron chi connectivity index (χ4n) is 3.18. The number of nitrogens with one attached hydrogen (secondary N) is 3. The van der Waals surface area contributed by atoms with Crippen LogP contribution in [0, 0.1) is 5.82 Å². The maximum absolute atomic E-state index is 14.3. The molecule has 0 aliphatic carbocycles. The molecule has 3 aromatic carbocycles. The van der Waals surface area contributed by atoms with Crippen LogP contribution < -0.4 is 20.7 Å². The summed E-state index contributed by atoms with van der Waals surface area (Å²) in [5.74, 6) is -0.0440. The first-order valence-electron chi connectivity index (χ1n) is 10.4. The van der Waals surface area contributed by atoms with Gasteiger partial charge in [-0.3, -0.25) is 4.79 Å². The van der Waals surface area contributed by atoms with Gasteiger partial charge in [0.2, 0.25) is 5.95 Å². The van der Waals surface area contributed by atoms with Gasteiger partial charge >= 0.3 is 0 Å². The second-order valence-electron chi connectivity index (χ2n) is 7.19. The van der Waals surface area contributed by atoms with E-state index in [0.29, 0.717) is 5.75 Å². The molecule has 0 unspecified atom stereocenters. The molecule has 1 amide bonds. The molecule has 10 heteroatoms. The summed E-state index contributed by atoms with van der Waals surface area (Å²) in [4.78, 5) is 22.9. The minimum atomic E-state index is -0.646. The van der Waals surface area contributed by atoms with Gasteiger partial charge in [-0.05, 0) is 54.8 Å². The van der Waals surface area contributed by atoms with Crippen LogP contribution in [0.1, 0.15) is 10.4 Å². The number of methoxy groups -OCH3 is 1. The largest absolute Gasteiger partial charge is 0.497 e. The van der Waals surface area contributed by atoms with Gasteiger partial charge in [0, 0.05) is 16.8 Å². The first-order chi connectivity index (χ1) is 17.0. The van der Waals surface area contributed by atoms with E-state index in [4.69, 9.17) is 16.3 Å². The zero-order valence-electron chi connectivity index (χ0n) is 18.8. The maximum Gasteiger partial charge on any atom is 0.261 e. The lowest BCUT2D eigenvalue weighted by molar-refractivity contribution is 0.102. The normalized spacial score (nSPS) is 10.5. The van der Waals surface area contributed by atoms with Gasteiger partial charge in [-0.15, -0.1) is 11.8 Å². The summed E-state index contributed by atoms with van der Waals surface area (Å²) in [6.45, 7) is 0. The molecule has 0 aliphatic heterocycles. The first kappa shape index (κ1) is 24.3. The Labute approximate surface area is 211 Å². The van der Waals surface area contributed by atoms with Crippen LogP contribution in [-0.4, -0.2) is 29.2 Å². The molecule has 178 valence electrons. The van der Waals surface area contributed by atoms with Crippen LogP contribution >= 0.6 is 23.4 Å². The Hall–Kier alpha value is -3.82. The van der Waals surface area contributed by atoms with E-state index in [1.54, 1.807) is 31.0 Å². The van der Waals surface area contributed by atoms with E-state index >= 15 is 0 Å². The number of para-hydroxylation sites is 2. The third kappa shape index (κ3) is 5.82. The summed E-state index contributed by atoms with van der Waals surface area (Å²) >= 11 is 7.63. The van der Waals surface area contributed by atoms with E-state index in [-0.39, 0.29) is 28.0 Å². The van der Waals surface area contributed by atoms with Gasteiger partial charge in [0.25, 0.3) is 5.91 Å².